The maximum atomic E-state index is 12.5. The van der Waals surface area contributed by atoms with Gasteiger partial charge in [-0.2, -0.15) is 0 Å². The summed E-state index contributed by atoms with van der Waals surface area (Å²) in [7, 11) is 0. The lowest BCUT2D eigenvalue weighted by atomic mass is 10.1. The van der Waals surface area contributed by atoms with Crippen LogP contribution in [0.25, 0.3) is 0 Å². The lowest BCUT2D eigenvalue weighted by Gasteiger charge is -2.18. The van der Waals surface area contributed by atoms with E-state index in [1.807, 2.05) is 0 Å². The zero-order valence-corrected chi connectivity index (χ0v) is 17.9. The van der Waals surface area contributed by atoms with E-state index < -0.39 is 24.0 Å². The van der Waals surface area contributed by atoms with Crippen LogP contribution >= 0.6 is 11.6 Å². The van der Waals surface area contributed by atoms with Gasteiger partial charge in [-0.05, 0) is 62.4 Å². The van der Waals surface area contributed by atoms with Gasteiger partial charge in [0.05, 0.1) is 18.1 Å². The van der Waals surface area contributed by atoms with Crippen molar-refractivity contribution < 1.29 is 28.7 Å². The van der Waals surface area contributed by atoms with Crippen molar-refractivity contribution in [1.29, 1.82) is 0 Å². The van der Waals surface area contributed by atoms with E-state index in [2.05, 4.69) is 0 Å². The number of amides is 1. The van der Waals surface area contributed by atoms with Crippen LogP contribution in [0.1, 0.15) is 41.0 Å². The summed E-state index contributed by atoms with van der Waals surface area (Å²) in [5.74, 6) is -2.31. The molecule has 31 heavy (non-hydrogen) atoms. The monoisotopic (exact) mass is 443 g/mol. The van der Waals surface area contributed by atoms with Gasteiger partial charge in [0.15, 0.2) is 6.10 Å². The van der Waals surface area contributed by atoms with E-state index in [0.29, 0.717) is 21.8 Å². The zero-order chi connectivity index (χ0) is 22.5. The van der Waals surface area contributed by atoms with Crippen molar-refractivity contribution in [1.82, 2.24) is 0 Å². The van der Waals surface area contributed by atoms with E-state index in [1.54, 1.807) is 55.5 Å². The smallest absolute Gasteiger partial charge is 0.338 e. The minimum atomic E-state index is -0.985. The molecule has 0 unspecified atom stereocenters. The second kappa shape index (κ2) is 9.75. The van der Waals surface area contributed by atoms with Gasteiger partial charge in [-0.3, -0.25) is 14.4 Å². The van der Waals surface area contributed by atoms with Gasteiger partial charge < -0.3 is 14.4 Å². The number of ketones is 1. The van der Waals surface area contributed by atoms with Crippen LogP contribution in [0.4, 0.5) is 5.69 Å². The number of benzene rings is 2. The molecule has 3 rings (SSSR count). The molecule has 0 aliphatic carbocycles. The van der Waals surface area contributed by atoms with Crippen molar-refractivity contribution in [3.63, 3.8) is 0 Å². The van der Waals surface area contributed by atoms with Gasteiger partial charge in [0.1, 0.15) is 0 Å². The molecule has 7 nitrogen and oxygen atoms in total. The molecule has 2 aromatic carbocycles. The van der Waals surface area contributed by atoms with Crippen molar-refractivity contribution in [3.05, 3.63) is 64.7 Å². The molecule has 0 N–H and O–H groups in total. The number of rotatable bonds is 7. The summed E-state index contributed by atoms with van der Waals surface area (Å²) in [6.07, 6.45) is -0.998. The van der Waals surface area contributed by atoms with Gasteiger partial charge >= 0.3 is 11.9 Å². The third kappa shape index (κ3) is 5.30. The summed E-state index contributed by atoms with van der Waals surface area (Å²) < 4.78 is 10.3. The second-order valence-electron chi connectivity index (χ2n) is 7.12. The van der Waals surface area contributed by atoms with Crippen molar-refractivity contribution in [2.24, 2.45) is 5.92 Å². The highest BCUT2D eigenvalue weighted by Crippen LogP contribution is 2.27. The lowest BCUT2D eigenvalue weighted by Crippen LogP contribution is -2.30. The van der Waals surface area contributed by atoms with Crippen molar-refractivity contribution in [2.45, 2.75) is 26.4 Å². The third-order valence-electron chi connectivity index (χ3n) is 4.94. The highest BCUT2D eigenvalue weighted by molar-refractivity contribution is 6.30. The summed E-state index contributed by atoms with van der Waals surface area (Å²) in [6, 6.07) is 12.7. The number of halogens is 1. The molecule has 1 fully saturated rings. The Kier molecular flexibility index (Phi) is 7.07. The Morgan fingerprint density at radius 3 is 2.29 bits per heavy atom. The number of carbonyl (C=O) groups is 4. The highest BCUT2D eigenvalue weighted by atomic mass is 35.5. The van der Waals surface area contributed by atoms with Gasteiger partial charge in [-0.25, -0.2) is 4.79 Å². The lowest BCUT2D eigenvalue weighted by molar-refractivity contribution is -0.151. The van der Waals surface area contributed by atoms with Crippen LogP contribution in [0.3, 0.4) is 0 Å². The molecule has 8 heteroatoms. The Balaban J connectivity index is 1.61. The quantitative estimate of drug-likeness (QED) is 0.479. The van der Waals surface area contributed by atoms with Crippen LogP contribution < -0.4 is 4.90 Å². The first-order valence-corrected chi connectivity index (χ1v) is 10.3. The molecule has 1 heterocycles. The van der Waals surface area contributed by atoms with Crippen molar-refractivity contribution in [2.75, 3.05) is 18.1 Å². The van der Waals surface area contributed by atoms with Gasteiger partial charge in [0, 0.05) is 29.2 Å². The Morgan fingerprint density at radius 2 is 1.68 bits per heavy atom. The Morgan fingerprint density at radius 1 is 1.06 bits per heavy atom. The fourth-order valence-electron chi connectivity index (χ4n) is 3.28. The summed E-state index contributed by atoms with van der Waals surface area (Å²) in [5, 5.41) is 0.501. The van der Waals surface area contributed by atoms with Gasteiger partial charge in [0.25, 0.3) is 0 Å². The van der Waals surface area contributed by atoms with Crippen LogP contribution in [-0.4, -0.2) is 42.9 Å². The standard InChI is InChI=1S/C23H22ClNO6/c1-3-30-22(28)16-6-10-19(11-7-16)25-13-17(12-20(25)26)23(29)31-14(2)21(27)15-4-8-18(24)9-5-15/h4-11,14,17H,3,12-13H2,1-2H3/t14-,17-/m0/s1. The zero-order valence-electron chi connectivity index (χ0n) is 17.2. The van der Waals surface area contributed by atoms with E-state index in [-0.39, 0.29) is 31.3 Å². The predicted octanol–water partition coefficient (Wildman–Crippen LogP) is 3.68. The molecule has 0 aromatic heterocycles. The minimum Gasteiger partial charge on any atom is -0.462 e. The number of esters is 2. The predicted molar refractivity (Wildman–Crippen MR) is 114 cm³/mol. The first kappa shape index (κ1) is 22.5. The molecule has 1 saturated heterocycles. The molecule has 162 valence electrons. The number of hydrogen-bond donors (Lipinski definition) is 0. The average Bonchev–Trinajstić information content (AvgIpc) is 3.16. The Bertz CT molecular complexity index is 986. The van der Waals surface area contributed by atoms with Crippen LogP contribution in [0.5, 0.6) is 0 Å². The van der Waals surface area contributed by atoms with Gasteiger partial charge in [-0.1, -0.05) is 11.6 Å². The first-order chi connectivity index (χ1) is 14.8. The number of Topliss-reactive ketones (excluding diaryl/α,β-unsaturated/α-hetero) is 1. The number of anilines is 1. The number of hydrogen-bond acceptors (Lipinski definition) is 6. The van der Waals surface area contributed by atoms with E-state index in [4.69, 9.17) is 21.1 Å². The van der Waals surface area contributed by atoms with Crippen molar-refractivity contribution in [3.8, 4) is 0 Å². The molecule has 0 saturated carbocycles. The molecule has 1 amide bonds. The van der Waals surface area contributed by atoms with E-state index in [0.717, 1.165) is 0 Å². The summed E-state index contributed by atoms with van der Waals surface area (Å²) in [6.45, 7) is 3.63. The van der Waals surface area contributed by atoms with Crippen molar-refractivity contribution >= 4 is 40.9 Å². The maximum Gasteiger partial charge on any atom is 0.338 e. The molecular formula is C23H22ClNO6. The van der Waals surface area contributed by atoms with E-state index >= 15 is 0 Å². The molecule has 0 radical (unpaired) electrons. The number of carbonyl (C=O) groups excluding carboxylic acids is 4. The average molecular weight is 444 g/mol. The molecular weight excluding hydrogens is 422 g/mol. The largest absolute Gasteiger partial charge is 0.462 e. The minimum absolute atomic E-state index is 0.0136. The highest BCUT2D eigenvalue weighted by Gasteiger charge is 2.37. The van der Waals surface area contributed by atoms with E-state index in [1.165, 1.54) is 11.8 Å². The second-order valence-corrected chi connectivity index (χ2v) is 7.56. The van der Waals surface area contributed by atoms with Crippen LogP contribution in [0.15, 0.2) is 48.5 Å². The molecule has 0 spiro atoms. The Hall–Kier alpha value is -3.19. The molecule has 2 atom stereocenters. The summed E-state index contributed by atoms with van der Waals surface area (Å²) in [5.41, 5.74) is 1.33. The Labute approximate surface area is 184 Å². The van der Waals surface area contributed by atoms with Crippen LogP contribution in [-0.2, 0) is 19.1 Å². The normalized spacial score (nSPS) is 16.7. The topological polar surface area (TPSA) is 90.0 Å². The van der Waals surface area contributed by atoms with Crippen LogP contribution in [0.2, 0.25) is 5.02 Å². The molecule has 2 aromatic rings. The molecule has 1 aliphatic rings. The van der Waals surface area contributed by atoms with E-state index in [9.17, 15) is 19.2 Å². The number of ether oxygens (including phenoxy) is 2. The van der Waals surface area contributed by atoms with Gasteiger partial charge in [0.2, 0.25) is 11.7 Å². The molecule has 1 aliphatic heterocycles. The summed E-state index contributed by atoms with van der Waals surface area (Å²) in [4.78, 5) is 50.7. The fraction of sp³-hybridized carbons (Fsp3) is 0.304. The SMILES string of the molecule is CCOC(=O)c1ccc(N2C[C@@H](C(=O)O[C@@H](C)C(=O)c3ccc(Cl)cc3)CC2=O)cc1. The number of nitrogens with zero attached hydrogens (tertiary/aromatic N) is 1. The van der Waals surface area contributed by atoms with Gasteiger partial charge in [-0.15, -0.1) is 0 Å². The molecule has 0 bridgehead atoms. The maximum absolute atomic E-state index is 12.5. The van der Waals surface area contributed by atoms with Crippen LogP contribution in [0, 0.1) is 5.92 Å². The first-order valence-electron chi connectivity index (χ1n) is 9.88. The third-order valence-corrected chi connectivity index (χ3v) is 5.19. The fourth-order valence-corrected chi connectivity index (χ4v) is 3.41. The summed E-state index contributed by atoms with van der Waals surface area (Å²) >= 11 is 5.83.